The van der Waals surface area contributed by atoms with Crippen LogP contribution in [0.25, 0.3) is 0 Å². The van der Waals surface area contributed by atoms with Gasteiger partial charge in [0.25, 0.3) is 0 Å². The molecule has 0 aliphatic carbocycles. The highest BCUT2D eigenvalue weighted by molar-refractivity contribution is 8.00. The average molecular weight is 372 g/mol. The topological polar surface area (TPSA) is 20.3 Å². The molecule has 0 radical (unpaired) electrons. The molecule has 5 rings (SSSR count). The van der Waals surface area contributed by atoms with Gasteiger partial charge in [-0.25, -0.2) is 0 Å². The number of carbonyl (C=O) groups is 1. The molecule has 0 bridgehead atoms. The lowest BCUT2D eigenvalue weighted by Crippen LogP contribution is -2.68. The molecule has 3 atom stereocenters. The van der Waals surface area contributed by atoms with Crippen molar-refractivity contribution < 1.29 is 4.79 Å². The van der Waals surface area contributed by atoms with E-state index < -0.39 is 0 Å². The lowest BCUT2D eigenvalue weighted by molar-refractivity contribution is -0.131. The Hall–Kier alpha value is -2.52. The number of carbonyl (C=O) groups excluding carboxylic acids is 1. The van der Waals surface area contributed by atoms with Crippen LogP contribution in [0.2, 0.25) is 0 Å². The van der Waals surface area contributed by atoms with Crippen LogP contribution < -0.4 is 4.90 Å². The summed E-state index contributed by atoms with van der Waals surface area (Å²) < 4.78 is 0. The van der Waals surface area contributed by atoms with Crippen LogP contribution in [-0.4, -0.2) is 11.2 Å². The van der Waals surface area contributed by atoms with Gasteiger partial charge < -0.3 is 0 Å². The Morgan fingerprint density at radius 2 is 1.52 bits per heavy atom. The van der Waals surface area contributed by atoms with Gasteiger partial charge in [-0.1, -0.05) is 79.7 Å². The van der Waals surface area contributed by atoms with E-state index in [1.165, 1.54) is 10.5 Å². The Kier molecular flexibility index (Phi) is 3.87. The monoisotopic (exact) mass is 371 g/mol. The molecule has 3 aromatic carbocycles. The Balaban J connectivity index is 1.77. The molecule has 27 heavy (non-hydrogen) atoms. The van der Waals surface area contributed by atoms with Crippen molar-refractivity contribution in [1.29, 1.82) is 0 Å². The maximum Gasteiger partial charge on any atom is 0.238 e. The van der Waals surface area contributed by atoms with Gasteiger partial charge in [0.15, 0.2) is 0 Å². The molecule has 0 unspecified atom stereocenters. The molecular formula is C24H21NOS. The third kappa shape index (κ3) is 2.38. The molecule has 0 saturated carbocycles. The Morgan fingerprint density at radius 3 is 2.26 bits per heavy atom. The zero-order valence-corrected chi connectivity index (χ0v) is 16.0. The molecule has 2 nitrogen and oxygen atoms in total. The van der Waals surface area contributed by atoms with Gasteiger partial charge in [0.2, 0.25) is 5.91 Å². The summed E-state index contributed by atoms with van der Waals surface area (Å²) in [6.45, 7) is 2.28. The second-order valence-corrected chi connectivity index (χ2v) is 8.89. The highest BCUT2D eigenvalue weighted by Crippen LogP contribution is 2.60. The van der Waals surface area contributed by atoms with Crippen molar-refractivity contribution in [3.05, 3.63) is 96.1 Å². The zero-order valence-electron chi connectivity index (χ0n) is 15.2. The van der Waals surface area contributed by atoms with E-state index >= 15 is 0 Å². The number of fused-ring (bicyclic) bond motifs is 3. The van der Waals surface area contributed by atoms with Crippen LogP contribution >= 0.6 is 11.8 Å². The minimum Gasteiger partial charge on any atom is -0.299 e. The number of hydrogen-bond acceptors (Lipinski definition) is 2. The van der Waals surface area contributed by atoms with E-state index in [9.17, 15) is 4.79 Å². The molecular weight excluding hydrogens is 350 g/mol. The summed E-state index contributed by atoms with van der Waals surface area (Å²) in [5.41, 5.74) is 3.05. The van der Waals surface area contributed by atoms with Crippen LogP contribution in [-0.2, 0) is 10.3 Å². The van der Waals surface area contributed by atoms with Crippen molar-refractivity contribution in [2.45, 2.75) is 34.9 Å². The Bertz CT molecular complexity index is 988. The summed E-state index contributed by atoms with van der Waals surface area (Å²) in [5.74, 6) is 0.0579. The average Bonchev–Trinajstić information content (AvgIpc) is 2.81. The maximum atomic E-state index is 13.5. The fourth-order valence-corrected chi connectivity index (χ4v) is 5.99. The van der Waals surface area contributed by atoms with E-state index in [4.69, 9.17) is 0 Å². The normalized spacial score (nSPS) is 26.6. The van der Waals surface area contributed by atoms with Gasteiger partial charge in [0.1, 0.15) is 0 Å². The summed E-state index contributed by atoms with van der Waals surface area (Å²) in [5, 5.41) is 0.413. The summed E-state index contributed by atoms with van der Waals surface area (Å²) in [6, 6.07) is 29.2. The quantitative estimate of drug-likeness (QED) is 0.547. The van der Waals surface area contributed by atoms with E-state index in [1.54, 1.807) is 0 Å². The number of anilines is 1. The van der Waals surface area contributed by atoms with Crippen molar-refractivity contribution in [1.82, 2.24) is 0 Å². The number of thioether (sulfide) groups is 1. The number of amides is 1. The van der Waals surface area contributed by atoms with Gasteiger partial charge in [0.05, 0.1) is 17.1 Å². The van der Waals surface area contributed by atoms with Crippen molar-refractivity contribution in [2.75, 3.05) is 4.90 Å². The fourth-order valence-electron chi connectivity index (χ4n) is 4.78. The van der Waals surface area contributed by atoms with Crippen molar-refractivity contribution in [3.8, 4) is 0 Å². The van der Waals surface area contributed by atoms with Gasteiger partial charge in [0, 0.05) is 10.1 Å². The second-order valence-electron chi connectivity index (χ2n) is 7.41. The van der Waals surface area contributed by atoms with Crippen molar-refractivity contribution in [3.63, 3.8) is 0 Å². The smallest absolute Gasteiger partial charge is 0.238 e. The van der Waals surface area contributed by atoms with E-state index in [0.717, 1.165) is 17.7 Å². The zero-order chi connectivity index (χ0) is 18.4. The maximum absolute atomic E-state index is 13.5. The molecule has 2 heterocycles. The van der Waals surface area contributed by atoms with Gasteiger partial charge in [-0.15, -0.1) is 11.8 Å². The van der Waals surface area contributed by atoms with Crippen LogP contribution in [0.5, 0.6) is 0 Å². The summed E-state index contributed by atoms with van der Waals surface area (Å²) in [7, 11) is 0. The third-order valence-corrected chi connectivity index (χ3v) is 6.95. The van der Waals surface area contributed by atoms with Crippen LogP contribution in [0.3, 0.4) is 0 Å². The van der Waals surface area contributed by atoms with E-state index in [-0.39, 0.29) is 17.4 Å². The predicted octanol–water partition coefficient (Wildman–Crippen LogP) is 5.60. The van der Waals surface area contributed by atoms with Gasteiger partial charge >= 0.3 is 0 Å². The predicted molar refractivity (Wildman–Crippen MR) is 111 cm³/mol. The van der Waals surface area contributed by atoms with Gasteiger partial charge in [-0.3, -0.25) is 9.69 Å². The highest BCUT2D eigenvalue weighted by Gasteiger charge is 2.63. The van der Waals surface area contributed by atoms with E-state index in [0.29, 0.717) is 5.25 Å². The Labute approximate surface area is 164 Å². The largest absolute Gasteiger partial charge is 0.299 e. The van der Waals surface area contributed by atoms with Crippen molar-refractivity contribution in [2.24, 2.45) is 0 Å². The standard InChI is InChI=1S/C24H21NOS/c1-17-16-24(19-12-6-3-7-13-19)22(18-10-4-2-5-11-18)23(26)25(24)20-14-8-9-15-21(20)27-17/h2-15,17,22H,16H2,1H3/t17-,22+,24-/m1/s1. The number of nitrogens with zero attached hydrogens (tertiary/aromatic N) is 1. The second kappa shape index (κ2) is 6.28. The molecule has 2 aliphatic heterocycles. The van der Waals surface area contributed by atoms with E-state index in [2.05, 4.69) is 66.4 Å². The van der Waals surface area contributed by atoms with E-state index in [1.807, 2.05) is 42.1 Å². The lowest BCUT2D eigenvalue weighted by atomic mass is 9.63. The number of β-lactam (4-membered cyclic amide) rings is 1. The van der Waals surface area contributed by atoms with Gasteiger partial charge in [-0.05, 0) is 29.7 Å². The van der Waals surface area contributed by atoms with Crippen molar-refractivity contribution >= 4 is 23.4 Å². The first-order valence-electron chi connectivity index (χ1n) is 9.42. The number of rotatable bonds is 2. The van der Waals surface area contributed by atoms with Crippen LogP contribution in [0.4, 0.5) is 5.69 Å². The molecule has 0 N–H and O–H groups in total. The molecule has 1 fully saturated rings. The number of benzene rings is 3. The SMILES string of the molecule is C[C@@H]1C[C@@]2(c3ccccc3)[C@@H](c3ccccc3)C(=O)N2c2ccccc2S1. The first-order chi connectivity index (χ1) is 13.2. The Morgan fingerprint density at radius 1 is 0.889 bits per heavy atom. The molecule has 2 aliphatic rings. The molecule has 1 saturated heterocycles. The van der Waals surface area contributed by atoms with Crippen LogP contribution in [0.1, 0.15) is 30.4 Å². The third-order valence-electron chi connectivity index (χ3n) is 5.78. The van der Waals surface area contributed by atoms with Crippen LogP contribution in [0, 0.1) is 0 Å². The number of hydrogen-bond donors (Lipinski definition) is 0. The lowest BCUT2D eigenvalue weighted by Gasteiger charge is -2.58. The molecule has 1 amide bonds. The first-order valence-corrected chi connectivity index (χ1v) is 10.3. The molecule has 0 spiro atoms. The summed E-state index contributed by atoms with van der Waals surface area (Å²) >= 11 is 1.88. The number of para-hydroxylation sites is 1. The molecule has 3 aromatic rings. The minimum atomic E-state index is -0.335. The van der Waals surface area contributed by atoms with Gasteiger partial charge in [-0.2, -0.15) is 0 Å². The first kappa shape index (κ1) is 16.6. The molecule has 3 heteroatoms. The highest BCUT2D eigenvalue weighted by atomic mass is 32.2. The molecule has 134 valence electrons. The summed E-state index contributed by atoms with van der Waals surface area (Å²) in [6.07, 6.45) is 0.932. The fraction of sp³-hybridized carbons (Fsp3) is 0.208. The summed E-state index contributed by atoms with van der Waals surface area (Å²) in [4.78, 5) is 16.8. The molecule has 0 aromatic heterocycles. The minimum absolute atomic E-state index is 0.143. The van der Waals surface area contributed by atoms with Crippen LogP contribution in [0.15, 0.2) is 89.8 Å².